The number of esters is 1. The Morgan fingerprint density at radius 3 is 2.48 bits per heavy atom. The van der Waals surface area contributed by atoms with Crippen molar-refractivity contribution in [1.29, 1.82) is 0 Å². The van der Waals surface area contributed by atoms with E-state index < -0.39 is 5.97 Å². The molecule has 0 aliphatic rings. The zero-order valence-electron chi connectivity index (χ0n) is 12.6. The number of benzene rings is 1. The Bertz CT molecular complexity index is 704. The van der Waals surface area contributed by atoms with Gasteiger partial charge in [0.05, 0.1) is 6.42 Å². The zero-order valence-corrected chi connectivity index (χ0v) is 14.1. The van der Waals surface area contributed by atoms with E-state index in [-0.39, 0.29) is 24.8 Å². The van der Waals surface area contributed by atoms with Crippen molar-refractivity contribution in [2.75, 3.05) is 24.7 Å². The molecule has 1 heterocycles. The van der Waals surface area contributed by atoms with E-state index in [1.54, 1.807) is 37.2 Å². The van der Waals surface area contributed by atoms with Crippen LogP contribution in [0.15, 0.2) is 18.2 Å². The molecule has 2 N–H and O–H groups in total. The smallest absolute Gasteiger partial charge is 0.310 e. The maximum absolute atomic E-state index is 11.9. The predicted octanol–water partition coefficient (Wildman–Crippen LogP) is 2.11. The standard InChI is InChI=1S/C14H15Cl2N5O2/c1-21(2)14-19-11(18-13(17)20-14)7-23-12(22)6-8-9(15)4-3-5-10(8)16/h3-5H,6-7H2,1-2H3,(H2,17,18,19,20). The van der Waals surface area contributed by atoms with Gasteiger partial charge in [0.25, 0.3) is 0 Å². The molecule has 0 fully saturated rings. The summed E-state index contributed by atoms with van der Waals surface area (Å²) >= 11 is 12.0. The van der Waals surface area contributed by atoms with Gasteiger partial charge in [-0.2, -0.15) is 15.0 Å². The number of ether oxygens (including phenoxy) is 1. The first kappa shape index (κ1) is 17.2. The number of carbonyl (C=O) groups is 1. The van der Waals surface area contributed by atoms with Gasteiger partial charge in [-0.3, -0.25) is 4.79 Å². The van der Waals surface area contributed by atoms with Crippen LogP contribution >= 0.6 is 23.2 Å². The lowest BCUT2D eigenvalue weighted by molar-refractivity contribution is -0.144. The third-order valence-electron chi connectivity index (χ3n) is 2.83. The molecule has 0 aliphatic heterocycles. The Morgan fingerprint density at radius 2 is 1.87 bits per heavy atom. The van der Waals surface area contributed by atoms with E-state index in [2.05, 4.69) is 15.0 Å². The van der Waals surface area contributed by atoms with Crippen LogP contribution in [0.3, 0.4) is 0 Å². The van der Waals surface area contributed by atoms with Crippen LogP contribution < -0.4 is 10.6 Å². The number of carbonyl (C=O) groups excluding carboxylic acids is 1. The summed E-state index contributed by atoms with van der Waals surface area (Å²) < 4.78 is 5.15. The molecule has 0 spiro atoms. The molecule has 0 amide bonds. The summed E-state index contributed by atoms with van der Waals surface area (Å²) in [4.78, 5) is 25.6. The average molecular weight is 356 g/mol. The van der Waals surface area contributed by atoms with E-state index in [9.17, 15) is 4.79 Å². The van der Waals surface area contributed by atoms with Crippen LogP contribution in [-0.4, -0.2) is 35.0 Å². The number of nitrogen functional groups attached to an aromatic ring is 1. The van der Waals surface area contributed by atoms with Crippen molar-refractivity contribution in [2.45, 2.75) is 13.0 Å². The fourth-order valence-corrected chi connectivity index (χ4v) is 2.26. The molecule has 0 bridgehead atoms. The lowest BCUT2D eigenvalue weighted by Gasteiger charge is -2.11. The monoisotopic (exact) mass is 355 g/mol. The minimum absolute atomic E-state index is 0.0421. The highest BCUT2D eigenvalue weighted by Gasteiger charge is 2.13. The lowest BCUT2D eigenvalue weighted by Crippen LogP contribution is -2.17. The Kier molecular flexibility index (Phi) is 5.57. The largest absolute Gasteiger partial charge is 0.457 e. The van der Waals surface area contributed by atoms with Crippen molar-refractivity contribution >= 4 is 41.1 Å². The van der Waals surface area contributed by atoms with Crippen molar-refractivity contribution in [3.05, 3.63) is 39.6 Å². The molecular weight excluding hydrogens is 341 g/mol. The van der Waals surface area contributed by atoms with E-state index in [0.29, 0.717) is 21.6 Å². The SMILES string of the molecule is CN(C)c1nc(N)nc(COC(=O)Cc2c(Cl)cccc2Cl)n1. The number of hydrogen-bond acceptors (Lipinski definition) is 7. The van der Waals surface area contributed by atoms with E-state index >= 15 is 0 Å². The van der Waals surface area contributed by atoms with Crippen LogP contribution in [0.4, 0.5) is 11.9 Å². The molecule has 0 saturated carbocycles. The van der Waals surface area contributed by atoms with Crippen LogP contribution in [0.25, 0.3) is 0 Å². The van der Waals surface area contributed by atoms with Gasteiger partial charge >= 0.3 is 5.97 Å². The highest BCUT2D eigenvalue weighted by molar-refractivity contribution is 6.36. The number of hydrogen-bond donors (Lipinski definition) is 1. The molecule has 1 aromatic carbocycles. The molecule has 2 rings (SSSR count). The van der Waals surface area contributed by atoms with E-state index in [0.717, 1.165) is 0 Å². The number of rotatable bonds is 5. The van der Waals surface area contributed by atoms with E-state index in [1.807, 2.05) is 0 Å². The van der Waals surface area contributed by atoms with Gasteiger partial charge in [-0.1, -0.05) is 29.3 Å². The van der Waals surface area contributed by atoms with Gasteiger partial charge in [0, 0.05) is 29.7 Å². The molecule has 0 unspecified atom stereocenters. The van der Waals surface area contributed by atoms with Gasteiger partial charge in [0.15, 0.2) is 12.4 Å². The van der Waals surface area contributed by atoms with Crippen LogP contribution in [0.5, 0.6) is 0 Å². The maximum atomic E-state index is 11.9. The molecule has 122 valence electrons. The topological polar surface area (TPSA) is 94.2 Å². The van der Waals surface area contributed by atoms with Gasteiger partial charge in [-0.15, -0.1) is 0 Å². The predicted molar refractivity (Wildman–Crippen MR) is 88.5 cm³/mol. The second-order valence-corrected chi connectivity index (χ2v) is 5.66. The summed E-state index contributed by atoms with van der Waals surface area (Å²) in [5.74, 6) is 0.215. The van der Waals surface area contributed by atoms with Gasteiger partial charge in [-0.25, -0.2) is 0 Å². The molecule has 2 aromatic rings. The summed E-state index contributed by atoms with van der Waals surface area (Å²) in [7, 11) is 3.54. The fourth-order valence-electron chi connectivity index (χ4n) is 1.73. The summed E-state index contributed by atoms with van der Waals surface area (Å²) in [6, 6.07) is 5.02. The minimum atomic E-state index is -0.495. The number of anilines is 2. The molecule has 0 radical (unpaired) electrons. The van der Waals surface area contributed by atoms with Crippen molar-refractivity contribution in [3.8, 4) is 0 Å². The first-order valence-electron chi connectivity index (χ1n) is 6.63. The average Bonchev–Trinajstić information content (AvgIpc) is 2.48. The zero-order chi connectivity index (χ0) is 17.0. The van der Waals surface area contributed by atoms with Crippen molar-refractivity contribution in [2.24, 2.45) is 0 Å². The van der Waals surface area contributed by atoms with Crippen molar-refractivity contribution in [1.82, 2.24) is 15.0 Å². The highest BCUT2D eigenvalue weighted by Crippen LogP contribution is 2.25. The van der Waals surface area contributed by atoms with Crippen LogP contribution in [-0.2, 0) is 22.6 Å². The number of nitrogens with zero attached hydrogens (tertiary/aromatic N) is 4. The van der Waals surface area contributed by atoms with Gasteiger partial charge in [0.1, 0.15) is 0 Å². The maximum Gasteiger partial charge on any atom is 0.310 e. The molecule has 1 aromatic heterocycles. The van der Waals surface area contributed by atoms with Crippen LogP contribution in [0, 0.1) is 0 Å². The second-order valence-electron chi connectivity index (χ2n) is 4.84. The Hall–Kier alpha value is -2.12. The van der Waals surface area contributed by atoms with E-state index in [1.165, 1.54) is 0 Å². The number of aromatic nitrogens is 3. The molecule has 0 aliphatic carbocycles. The van der Waals surface area contributed by atoms with Crippen molar-refractivity contribution < 1.29 is 9.53 Å². The molecule has 0 atom stereocenters. The minimum Gasteiger partial charge on any atom is -0.457 e. The van der Waals surface area contributed by atoms with Gasteiger partial charge in [0.2, 0.25) is 11.9 Å². The Labute approximate surface area is 143 Å². The third kappa shape index (κ3) is 4.67. The normalized spacial score (nSPS) is 10.4. The molecule has 0 saturated heterocycles. The molecular formula is C14H15Cl2N5O2. The number of halogens is 2. The van der Waals surface area contributed by atoms with Crippen LogP contribution in [0.1, 0.15) is 11.4 Å². The summed E-state index contributed by atoms with van der Waals surface area (Å²) in [5, 5.41) is 0.822. The Balaban J connectivity index is 2.02. The lowest BCUT2D eigenvalue weighted by atomic mass is 10.1. The van der Waals surface area contributed by atoms with Gasteiger partial charge < -0.3 is 15.4 Å². The Morgan fingerprint density at radius 1 is 1.22 bits per heavy atom. The summed E-state index contributed by atoms with van der Waals surface area (Å²) in [5.41, 5.74) is 6.12. The van der Waals surface area contributed by atoms with Crippen LogP contribution in [0.2, 0.25) is 10.0 Å². The second kappa shape index (κ2) is 7.43. The quantitative estimate of drug-likeness (QED) is 0.820. The summed E-state index contributed by atoms with van der Waals surface area (Å²) in [6.07, 6.45) is -0.0421. The third-order valence-corrected chi connectivity index (χ3v) is 3.54. The first-order chi connectivity index (χ1) is 10.9. The van der Waals surface area contributed by atoms with Gasteiger partial charge in [-0.05, 0) is 12.1 Å². The fraction of sp³-hybridized carbons (Fsp3) is 0.286. The molecule has 23 heavy (non-hydrogen) atoms. The molecule has 9 heteroatoms. The number of nitrogens with two attached hydrogens (primary N) is 1. The van der Waals surface area contributed by atoms with E-state index in [4.69, 9.17) is 33.7 Å². The first-order valence-corrected chi connectivity index (χ1v) is 7.38. The molecule has 7 nitrogen and oxygen atoms in total. The summed E-state index contributed by atoms with van der Waals surface area (Å²) in [6.45, 7) is -0.117. The van der Waals surface area contributed by atoms with Crippen molar-refractivity contribution in [3.63, 3.8) is 0 Å². The highest BCUT2D eigenvalue weighted by atomic mass is 35.5.